The van der Waals surface area contributed by atoms with Gasteiger partial charge in [-0.15, -0.1) is 16.4 Å². The Bertz CT molecular complexity index is 892. The Kier molecular flexibility index (Phi) is 3.17. The summed E-state index contributed by atoms with van der Waals surface area (Å²) in [6.45, 7) is 2.21. The lowest BCUT2D eigenvalue weighted by Crippen LogP contribution is -2.32. The lowest BCUT2D eigenvalue weighted by atomic mass is 10.5. The van der Waals surface area contributed by atoms with Gasteiger partial charge in [0.25, 0.3) is 5.56 Å². The summed E-state index contributed by atoms with van der Waals surface area (Å²) in [6, 6.07) is 3.72. The van der Waals surface area contributed by atoms with Crippen molar-refractivity contribution in [3.63, 3.8) is 0 Å². The van der Waals surface area contributed by atoms with Crippen molar-refractivity contribution < 1.29 is 9.90 Å². The van der Waals surface area contributed by atoms with E-state index in [1.807, 2.05) is 30.3 Å². The molecule has 0 spiro atoms. The fourth-order valence-corrected chi connectivity index (χ4v) is 3.06. The van der Waals surface area contributed by atoms with Crippen LogP contribution >= 0.6 is 11.3 Å². The number of nitrogens with zero attached hydrogens (tertiary/aromatic N) is 4. The van der Waals surface area contributed by atoms with Crippen molar-refractivity contribution in [2.45, 2.75) is 13.5 Å². The van der Waals surface area contributed by atoms with Crippen LogP contribution in [0.15, 0.2) is 22.3 Å². The van der Waals surface area contributed by atoms with Gasteiger partial charge in [0.15, 0.2) is 0 Å². The Morgan fingerprint density at radius 2 is 2.24 bits per heavy atom. The van der Waals surface area contributed by atoms with Crippen LogP contribution in [0.5, 0.6) is 0 Å². The first-order valence-electron chi connectivity index (χ1n) is 6.45. The molecule has 0 bridgehead atoms. The van der Waals surface area contributed by atoms with Crippen LogP contribution in [0.3, 0.4) is 0 Å². The number of carboxylic acids is 1. The highest BCUT2D eigenvalue weighted by Crippen LogP contribution is 2.26. The molecule has 3 heterocycles. The van der Waals surface area contributed by atoms with Gasteiger partial charge in [0.2, 0.25) is 5.95 Å². The van der Waals surface area contributed by atoms with Crippen molar-refractivity contribution in [3.8, 4) is 0 Å². The Morgan fingerprint density at radius 1 is 1.48 bits per heavy atom. The highest BCUT2D eigenvalue weighted by Gasteiger charge is 2.18. The molecule has 21 heavy (non-hydrogen) atoms. The summed E-state index contributed by atoms with van der Waals surface area (Å²) in [7, 11) is 1.86. The van der Waals surface area contributed by atoms with Crippen molar-refractivity contribution in [3.05, 3.63) is 27.9 Å². The summed E-state index contributed by atoms with van der Waals surface area (Å²) in [5, 5.41) is 15.1. The molecule has 3 aromatic heterocycles. The number of hydrogen-bond acceptors (Lipinski definition) is 5. The summed E-state index contributed by atoms with van der Waals surface area (Å²) in [5.41, 5.74) is 0.967. The van der Waals surface area contributed by atoms with E-state index in [-0.39, 0.29) is 0 Å². The quantitative estimate of drug-likeness (QED) is 0.785. The number of aromatic nitrogens is 3. The standard InChI is InChI=1S/C13H14N4O3S/c1-3-15(2)13-14-16(7-11(18)19)12(20)9-6-10-8(17(9)13)4-5-21-10/h4-6H,3,7H2,1-2H3,(H,18,19). The molecule has 0 aliphatic rings. The minimum absolute atomic E-state index is 0.394. The number of fused-ring (bicyclic) bond motifs is 3. The monoisotopic (exact) mass is 306 g/mol. The molecule has 0 atom stereocenters. The van der Waals surface area contributed by atoms with Gasteiger partial charge in [-0.2, -0.15) is 0 Å². The second-order valence-electron chi connectivity index (χ2n) is 4.71. The molecule has 3 rings (SSSR count). The molecule has 0 fully saturated rings. The Labute approximate surface area is 123 Å². The molecular weight excluding hydrogens is 292 g/mol. The first-order valence-corrected chi connectivity index (χ1v) is 7.33. The van der Waals surface area contributed by atoms with E-state index in [1.165, 1.54) is 11.3 Å². The second kappa shape index (κ2) is 4.88. The summed E-state index contributed by atoms with van der Waals surface area (Å²) in [4.78, 5) is 25.2. The van der Waals surface area contributed by atoms with E-state index in [0.717, 1.165) is 14.9 Å². The summed E-state index contributed by atoms with van der Waals surface area (Å²) < 4.78 is 3.77. The number of rotatable bonds is 4. The largest absolute Gasteiger partial charge is 0.480 e. The van der Waals surface area contributed by atoms with Crippen LogP contribution in [-0.2, 0) is 11.3 Å². The Balaban J connectivity index is 2.41. The van der Waals surface area contributed by atoms with Gasteiger partial charge >= 0.3 is 5.97 Å². The molecule has 0 saturated heterocycles. The normalized spacial score (nSPS) is 11.3. The maximum absolute atomic E-state index is 12.4. The lowest BCUT2D eigenvalue weighted by Gasteiger charge is -2.18. The molecule has 0 saturated carbocycles. The number of hydrogen-bond donors (Lipinski definition) is 1. The number of carbonyl (C=O) groups is 1. The molecule has 3 aromatic rings. The Hall–Kier alpha value is -2.35. The average molecular weight is 306 g/mol. The van der Waals surface area contributed by atoms with Gasteiger partial charge in [-0.25, -0.2) is 4.68 Å². The maximum atomic E-state index is 12.4. The van der Waals surface area contributed by atoms with Crippen molar-refractivity contribution >= 4 is 39.0 Å². The molecule has 0 aliphatic heterocycles. The third-order valence-electron chi connectivity index (χ3n) is 3.39. The zero-order valence-corrected chi connectivity index (χ0v) is 12.4. The second-order valence-corrected chi connectivity index (χ2v) is 5.65. The van der Waals surface area contributed by atoms with E-state index in [2.05, 4.69) is 5.10 Å². The topological polar surface area (TPSA) is 79.8 Å². The van der Waals surface area contributed by atoms with Crippen molar-refractivity contribution in [2.24, 2.45) is 0 Å². The predicted molar refractivity (Wildman–Crippen MR) is 81.4 cm³/mol. The van der Waals surface area contributed by atoms with Crippen LogP contribution in [0.2, 0.25) is 0 Å². The van der Waals surface area contributed by atoms with Gasteiger partial charge in [-0.3, -0.25) is 14.0 Å². The molecular formula is C13H14N4O3S. The molecule has 0 unspecified atom stereocenters. The van der Waals surface area contributed by atoms with Crippen molar-refractivity contribution in [2.75, 3.05) is 18.5 Å². The maximum Gasteiger partial charge on any atom is 0.325 e. The van der Waals surface area contributed by atoms with Gasteiger partial charge in [0.1, 0.15) is 12.1 Å². The van der Waals surface area contributed by atoms with Crippen LogP contribution in [0.25, 0.3) is 15.7 Å². The van der Waals surface area contributed by atoms with Crippen LogP contribution in [0.1, 0.15) is 6.92 Å². The molecule has 7 nitrogen and oxygen atoms in total. The third kappa shape index (κ3) is 2.07. The van der Waals surface area contributed by atoms with Gasteiger partial charge < -0.3 is 10.0 Å². The summed E-state index contributed by atoms with van der Waals surface area (Å²) >= 11 is 1.54. The average Bonchev–Trinajstić information content (AvgIpc) is 3.01. The van der Waals surface area contributed by atoms with E-state index >= 15 is 0 Å². The molecule has 1 N–H and O–H groups in total. The number of aliphatic carboxylic acids is 1. The van der Waals surface area contributed by atoms with Gasteiger partial charge in [0, 0.05) is 13.6 Å². The SMILES string of the molecule is CCN(C)c1nn(CC(=O)O)c(=O)c2cc3sccc3n12. The molecule has 110 valence electrons. The van der Waals surface area contributed by atoms with E-state index in [1.54, 1.807) is 10.5 Å². The van der Waals surface area contributed by atoms with E-state index in [0.29, 0.717) is 18.0 Å². The van der Waals surface area contributed by atoms with E-state index in [9.17, 15) is 9.59 Å². The van der Waals surface area contributed by atoms with Crippen molar-refractivity contribution in [1.82, 2.24) is 14.2 Å². The molecule has 0 aliphatic carbocycles. The zero-order chi connectivity index (χ0) is 15.1. The minimum atomic E-state index is -1.09. The molecule has 8 heteroatoms. The fraction of sp³-hybridized carbons (Fsp3) is 0.308. The van der Waals surface area contributed by atoms with Crippen LogP contribution in [0, 0.1) is 0 Å². The molecule has 0 radical (unpaired) electrons. The van der Waals surface area contributed by atoms with Crippen molar-refractivity contribution in [1.29, 1.82) is 0 Å². The number of anilines is 1. The summed E-state index contributed by atoms with van der Waals surface area (Å²) in [5.74, 6) is -0.533. The number of carboxylic acid groups (broad SMARTS) is 1. The first kappa shape index (κ1) is 13.6. The van der Waals surface area contributed by atoms with E-state index < -0.39 is 18.1 Å². The third-order valence-corrected chi connectivity index (χ3v) is 4.24. The van der Waals surface area contributed by atoms with Gasteiger partial charge in [-0.05, 0) is 24.4 Å². The van der Waals surface area contributed by atoms with Crippen LogP contribution in [0.4, 0.5) is 5.95 Å². The highest BCUT2D eigenvalue weighted by atomic mass is 32.1. The number of thiophene rings is 1. The first-order chi connectivity index (χ1) is 10.0. The lowest BCUT2D eigenvalue weighted by molar-refractivity contribution is -0.137. The van der Waals surface area contributed by atoms with Gasteiger partial charge in [-0.1, -0.05) is 0 Å². The molecule has 0 amide bonds. The fourth-order valence-electron chi connectivity index (χ4n) is 2.25. The van der Waals surface area contributed by atoms with Crippen LogP contribution < -0.4 is 10.5 Å². The predicted octanol–water partition coefficient (Wildman–Crippen LogP) is 1.25. The highest BCUT2D eigenvalue weighted by molar-refractivity contribution is 7.17. The Morgan fingerprint density at radius 3 is 2.90 bits per heavy atom. The summed E-state index contributed by atoms with van der Waals surface area (Å²) in [6.07, 6.45) is 0. The molecule has 0 aromatic carbocycles. The smallest absolute Gasteiger partial charge is 0.325 e. The minimum Gasteiger partial charge on any atom is -0.480 e. The van der Waals surface area contributed by atoms with E-state index in [4.69, 9.17) is 5.11 Å². The zero-order valence-electron chi connectivity index (χ0n) is 11.6. The van der Waals surface area contributed by atoms with Gasteiger partial charge in [0.05, 0.1) is 10.2 Å². The van der Waals surface area contributed by atoms with Crippen LogP contribution in [-0.4, -0.2) is 38.8 Å².